The Bertz CT molecular complexity index is 780. The third kappa shape index (κ3) is 4.07. The van der Waals surface area contributed by atoms with Crippen LogP contribution in [0.1, 0.15) is 54.2 Å². The van der Waals surface area contributed by atoms with E-state index in [1.54, 1.807) is 0 Å². The molecule has 1 aromatic carbocycles. The molecule has 4 nitrogen and oxygen atoms in total. The summed E-state index contributed by atoms with van der Waals surface area (Å²) in [6.45, 7) is 5.77. The minimum atomic E-state index is 0.0913. The number of aryl methyl sites for hydroxylation is 2. The van der Waals surface area contributed by atoms with Crippen molar-refractivity contribution in [3.63, 3.8) is 0 Å². The number of pyridine rings is 1. The van der Waals surface area contributed by atoms with Crippen molar-refractivity contribution in [2.45, 2.75) is 52.0 Å². The summed E-state index contributed by atoms with van der Waals surface area (Å²) >= 11 is 0. The fourth-order valence-electron chi connectivity index (χ4n) is 3.94. The van der Waals surface area contributed by atoms with Gasteiger partial charge in [-0.15, -0.1) is 0 Å². The molecule has 0 unspecified atom stereocenters. The molecule has 1 saturated carbocycles. The summed E-state index contributed by atoms with van der Waals surface area (Å²) in [4.78, 5) is 22.0. The summed E-state index contributed by atoms with van der Waals surface area (Å²) < 4.78 is 0. The van der Waals surface area contributed by atoms with Gasteiger partial charge in [-0.2, -0.15) is 0 Å². The molecule has 140 valence electrons. The quantitative estimate of drug-likeness (QED) is 0.786. The molecule has 0 N–H and O–H groups in total. The minimum Gasteiger partial charge on any atom is -0.340 e. The number of likely N-dealkylation sites (N-methyl/N-ethyl adjacent to an activating group) is 2. The molecule has 1 aliphatic carbocycles. The maximum atomic E-state index is 13.1. The Morgan fingerprint density at radius 3 is 2.58 bits per heavy atom. The lowest BCUT2D eigenvalue weighted by molar-refractivity contribution is 0.0776. The Balaban J connectivity index is 1.77. The molecule has 0 atom stereocenters. The summed E-state index contributed by atoms with van der Waals surface area (Å²) in [6.07, 6.45) is 6.22. The van der Waals surface area contributed by atoms with Crippen LogP contribution >= 0.6 is 0 Å². The average Bonchev–Trinajstić information content (AvgIpc) is 3.19. The van der Waals surface area contributed by atoms with E-state index in [4.69, 9.17) is 0 Å². The summed E-state index contributed by atoms with van der Waals surface area (Å²) in [5, 5.41) is 0.968. The summed E-state index contributed by atoms with van der Waals surface area (Å²) in [5.74, 6) is 0.0913. The average molecular weight is 354 g/mol. The lowest BCUT2D eigenvalue weighted by Gasteiger charge is -2.27. The standard InChI is InChI=1S/C22H31N3O/c1-5-17-10-11-21-19(15-17)20(14-16(2)23-21)22(26)25(4)13-12-24(3)18-8-6-7-9-18/h10-11,14-15,18H,5-9,12-13H2,1-4H3. The molecular weight excluding hydrogens is 322 g/mol. The van der Waals surface area contributed by atoms with E-state index in [9.17, 15) is 4.79 Å². The van der Waals surface area contributed by atoms with Gasteiger partial charge in [-0.1, -0.05) is 25.8 Å². The highest BCUT2D eigenvalue weighted by Crippen LogP contribution is 2.23. The monoisotopic (exact) mass is 353 g/mol. The summed E-state index contributed by atoms with van der Waals surface area (Å²) in [7, 11) is 4.10. The molecular formula is C22H31N3O. The zero-order valence-corrected chi connectivity index (χ0v) is 16.6. The normalized spacial score (nSPS) is 15.1. The number of hydrogen-bond donors (Lipinski definition) is 0. The molecule has 0 spiro atoms. The second kappa shape index (κ2) is 8.17. The molecule has 0 radical (unpaired) electrons. The third-order valence-corrected chi connectivity index (χ3v) is 5.72. The van der Waals surface area contributed by atoms with Crippen LogP contribution in [0.4, 0.5) is 0 Å². The van der Waals surface area contributed by atoms with Crippen molar-refractivity contribution in [1.82, 2.24) is 14.8 Å². The third-order valence-electron chi connectivity index (χ3n) is 5.72. The largest absolute Gasteiger partial charge is 0.340 e. The van der Waals surface area contributed by atoms with Crippen LogP contribution in [0.3, 0.4) is 0 Å². The van der Waals surface area contributed by atoms with Gasteiger partial charge in [-0.05, 0) is 57.0 Å². The van der Waals surface area contributed by atoms with E-state index in [2.05, 4.69) is 36.0 Å². The molecule has 1 amide bonds. The number of fused-ring (bicyclic) bond motifs is 1. The second-order valence-corrected chi connectivity index (χ2v) is 7.66. The number of nitrogens with zero attached hydrogens (tertiary/aromatic N) is 3. The van der Waals surface area contributed by atoms with Crippen molar-refractivity contribution >= 4 is 16.8 Å². The van der Waals surface area contributed by atoms with Crippen LogP contribution in [0.25, 0.3) is 10.9 Å². The molecule has 1 aliphatic rings. The fraction of sp³-hybridized carbons (Fsp3) is 0.545. The molecule has 1 aromatic heterocycles. The van der Waals surface area contributed by atoms with Gasteiger partial charge in [0.05, 0.1) is 11.1 Å². The Hall–Kier alpha value is -1.94. The van der Waals surface area contributed by atoms with Crippen molar-refractivity contribution in [2.75, 3.05) is 27.2 Å². The van der Waals surface area contributed by atoms with Crippen LogP contribution in [0, 0.1) is 6.92 Å². The zero-order chi connectivity index (χ0) is 18.7. The lowest BCUT2D eigenvalue weighted by atomic mass is 10.0. The fourth-order valence-corrected chi connectivity index (χ4v) is 3.94. The topological polar surface area (TPSA) is 36.4 Å². The number of benzene rings is 1. The van der Waals surface area contributed by atoms with Crippen molar-refractivity contribution in [1.29, 1.82) is 0 Å². The molecule has 1 fully saturated rings. The highest BCUT2D eigenvalue weighted by Gasteiger charge is 2.21. The Morgan fingerprint density at radius 2 is 1.88 bits per heavy atom. The Morgan fingerprint density at radius 1 is 1.15 bits per heavy atom. The first kappa shape index (κ1) is 18.8. The van der Waals surface area contributed by atoms with Gasteiger partial charge in [0, 0.05) is 37.3 Å². The van der Waals surface area contributed by atoms with Gasteiger partial charge in [0.25, 0.3) is 5.91 Å². The lowest BCUT2D eigenvalue weighted by Crippen LogP contribution is -2.38. The van der Waals surface area contributed by atoms with E-state index >= 15 is 0 Å². The molecule has 0 bridgehead atoms. The number of aromatic nitrogens is 1. The van der Waals surface area contributed by atoms with E-state index < -0.39 is 0 Å². The Labute approximate surface area is 157 Å². The van der Waals surface area contributed by atoms with E-state index in [1.807, 2.05) is 31.0 Å². The highest BCUT2D eigenvalue weighted by molar-refractivity contribution is 6.06. The van der Waals surface area contributed by atoms with Crippen LogP contribution in [-0.2, 0) is 6.42 Å². The van der Waals surface area contributed by atoms with Crippen LogP contribution in [0.2, 0.25) is 0 Å². The van der Waals surface area contributed by atoms with Gasteiger partial charge in [0.1, 0.15) is 0 Å². The number of hydrogen-bond acceptors (Lipinski definition) is 3. The molecule has 26 heavy (non-hydrogen) atoms. The molecule has 0 aliphatic heterocycles. The van der Waals surface area contributed by atoms with Crippen molar-refractivity contribution < 1.29 is 4.79 Å². The van der Waals surface area contributed by atoms with Crippen LogP contribution in [0.5, 0.6) is 0 Å². The summed E-state index contributed by atoms with van der Waals surface area (Å²) in [5.41, 5.74) is 3.80. The van der Waals surface area contributed by atoms with E-state index in [1.165, 1.54) is 31.2 Å². The van der Waals surface area contributed by atoms with E-state index in [-0.39, 0.29) is 5.91 Å². The number of carbonyl (C=O) groups is 1. The first-order valence-corrected chi connectivity index (χ1v) is 9.85. The molecule has 3 rings (SSSR count). The minimum absolute atomic E-state index is 0.0913. The second-order valence-electron chi connectivity index (χ2n) is 7.66. The van der Waals surface area contributed by atoms with Gasteiger partial charge in [-0.25, -0.2) is 0 Å². The van der Waals surface area contributed by atoms with Crippen LogP contribution in [-0.4, -0.2) is 53.9 Å². The maximum absolute atomic E-state index is 13.1. The molecule has 1 heterocycles. The van der Waals surface area contributed by atoms with Gasteiger partial charge < -0.3 is 9.80 Å². The SMILES string of the molecule is CCc1ccc2nc(C)cc(C(=O)N(C)CCN(C)C3CCCC3)c2c1. The smallest absolute Gasteiger partial charge is 0.254 e. The maximum Gasteiger partial charge on any atom is 0.254 e. The van der Waals surface area contributed by atoms with Crippen molar-refractivity contribution in [3.05, 3.63) is 41.1 Å². The van der Waals surface area contributed by atoms with Crippen molar-refractivity contribution in [2.24, 2.45) is 0 Å². The van der Waals surface area contributed by atoms with Crippen LogP contribution in [0.15, 0.2) is 24.3 Å². The summed E-state index contributed by atoms with van der Waals surface area (Å²) in [6, 6.07) is 8.87. The van der Waals surface area contributed by atoms with Gasteiger partial charge >= 0.3 is 0 Å². The van der Waals surface area contributed by atoms with E-state index in [0.717, 1.165) is 41.7 Å². The van der Waals surface area contributed by atoms with E-state index in [0.29, 0.717) is 6.04 Å². The van der Waals surface area contributed by atoms with Crippen LogP contribution < -0.4 is 0 Å². The predicted molar refractivity (Wildman–Crippen MR) is 108 cm³/mol. The molecule has 0 saturated heterocycles. The predicted octanol–water partition coefficient (Wildman–Crippen LogP) is 4.05. The number of rotatable bonds is 6. The zero-order valence-electron chi connectivity index (χ0n) is 16.6. The highest BCUT2D eigenvalue weighted by atomic mass is 16.2. The molecule has 4 heteroatoms. The number of carbonyl (C=O) groups excluding carboxylic acids is 1. The molecule has 2 aromatic rings. The number of amides is 1. The first-order chi connectivity index (χ1) is 12.5. The van der Waals surface area contributed by atoms with Gasteiger partial charge in [0.2, 0.25) is 0 Å². The Kier molecular flexibility index (Phi) is 5.92. The van der Waals surface area contributed by atoms with Gasteiger partial charge in [0.15, 0.2) is 0 Å². The first-order valence-electron chi connectivity index (χ1n) is 9.85. The van der Waals surface area contributed by atoms with Crippen molar-refractivity contribution in [3.8, 4) is 0 Å². The van der Waals surface area contributed by atoms with Gasteiger partial charge in [-0.3, -0.25) is 9.78 Å².